The van der Waals surface area contributed by atoms with Crippen molar-refractivity contribution in [3.8, 4) is 11.5 Å². The van der Waals surface area contributed by atoms with E-state index in [4.69, 9.17) is 14.2 Å². The first-order chi connectivity index (χ1) is 13.4. The molecule has 152 valence electrons. The van der Waals surface area contributed by atoms with Gasteiger partial charge in [-0.2, -0.15) is 0 Å². The van der Waals surface area contributed by atoms with Crippen LogP contribution in [0.25, 0.3) is 0 Å². The fourth-order valence-corrected chi connectivity index (χ4v) is 2.67. The lowest BCUT2D eigenvalue weighted by Gasteiger charge is -2.18. The average Bonchev–Trinajstić information content (AvgIpc) is 2.68. The summed E-state index contributed by atoms with van der Waals surface area (Å²) < 4.78 is 16.5. The lowest BCUT2D eigenvalue weighted by molar-refractivity contribution is -0.127. The number of nitrogens with one attached hydrogen (secondary N) is 1. The van der Waals surface area contributed by atoms with Crippen LogP contribution in [0, 0.1) is 6.92 Å². The molecular weight excluding hydrogens is 354 g/mol. The van der Waals surface area contributed by atoms with Gasteiger partial charge in [0.2, 0.25) is 0 Å². The van der Waals surface area contributed by atoms with Gasteiger partial charge in [0.1, 0.15) is 18.1 Å². The highest BCUT2D eigenvalue weighted by atomic mass is 16.5. The lowest BCUT2D eigenvalue weighted by Crippen LogP contribution is -2.36. The predicted molar refractivity (Wildman–Crippen MR) is 111 cm³/mol. The summed E-state index contributed by atoms with van der Waals surface area (Å²) in [7, 11) is 1.64. The van der Waals surface area contributed by atoms with Crippen LogP contribution in [0.15, 0.2) is 42.5 Å². The minimum Gasteiger partial charge on any atom is -0.491 e. The molecule has 2 rings (SSSR count). The minimum absolute atomic E-state index is 0.153. The molecule has 0 saturated carbocycles. The second-order valence-electron chi connectivity index (χ2n) is 7.15. The van der Waals surface area contributed by atoms with Gasteiger partial charge in [-0.3, -0.25) is 4.79 Å². The van der Waals surface area contributed by atoms with Crippen molar-refractivity contribution in [3.63, 3.8) is 0 Å². The Labute approximate surface area is 168 Å². The van der Waals surface area contributed by atoms with Crippen molar-refractivity contribution in [2.75, 3.05) is 20.3 Å². The number of aryl methyl sites for hydroxylation is 1. The quantitative estimate of drug-likeness (QED) is 0.622. The number of hydrogen-bond donors (Lipinski definition) is 1. The molecule has 0 heterocycles. The summed E-state index contributed by atoms with van der Waals surface area (Å²) in [6.07, 6.45) is -0.581. The molecule has 0 aromatic heterocycles. The molecule has 1 N–H and O–H groups in total. The zero-order chi connectivity index (χ0) is 20.5. The molecule has 2 aromatic rings. The molecule has 0 fully saturated rings. The van der Waals surface area contributed by atoms with E-state index >= 15 is 0 Å². The van der Waals surface area contributed by atoms with Crippen molar-refractivity contribution < 1.29 is 19.0 Å². The third-order valence-electron chi connectivity index (χ3n) is 4.47. The largest absolute Gasteiger partial charge is 0.491 e. The number of amides is 1. The van der Waals surface area contributed by atoms with E-state index in [1.807, 2.05) is 43.3 Å². The summed E-state index contributed by atoms with van der Waals surface area (Å²) in [5, 5.41) is 2.93. The molecule has 1 atom stereocenters. The number of rotatable bonds is 10. The Hall–Kier alpha value is -2.53. The monoisotopic (exact) mass is 385 g/mol. The molecule has 1 amide bonds. The summed E-state index contributed by atoms with van der Waals surface area (Å²) in [5.74, 6) is 1.77. The van der Waals surface area contributed by atoms with Crippen LogP contribution in [0.5, 0.6) is 11.5 Å². The van der Waals surface area contributed by atoms with Crippen molar-refractivity contribution in [1.29, 1.82) is 0 Å². The Morgan fingerprint density at radius 3 is 2.57 bits per heavy atom. The first kappa shape index (κ1) is 21.8. The molecule has 1 unspecified atom stereocenters. The SMILES string of the molecule is COCCOc1cccc(CNC(=O)C(C)Oc2cc(C(C)C)ccc2C)c1. The van der Waals surface area contributed by atoms with Gasteiger partial charge in [0.05, 0.1) is 6.61 Å². The third kappa shape index (κ3) is 6.57. The van der Waals surface area contributed by atoms with Gasteiger partial charge in [0, 0.05) is 13.7 Å². The second kappa shape index (κ2) is 10.7. The highest BCUT2D eigenvalue weighted by Gasteiger charge is 2.16. The molecule has 0 spiro atoms. The number of hydrogen-bond acceptors (Lipinski definition) is 4. The van der Waals surface area contributed by atoms with Gasteiger partial charge in [0.15, 0.2) is 6.10 Å². The van der Waals surface area contributed by atoms with E-state index < -0.39 is 6.10 Å². The van der Waals surface area contributed by atoms with Crippen molar-refractivity contribution in [2.45, 2.75) is 46.3 Å². The molecule has 0 radical (unpaired) electrons. The van der Waals surface area contributed by atoms with Gasteiger partial charge in [-0.15, -0.1) is 0 Å². The zero-order valence-electron chi connectivity index (χ0n) is 17.5. The maximum Gasteiger partial charge on any atom is 0.261 e. The van der Waals surface area contributed by atoms with Crippen LogP contribution in [0.1, 0.15) is 43.4 Å². The fourth-order valence-electron chi connectivity index (χ4n) is 2.67. The van der Waals surface area contributed by atoms with Gasteiger partial charge >= 0.3 is 0 Å². The van der Waals surface area contributed by atoms with Crippen LogP contribution < -0.4 is 14.8 Å². The fraction of sp³-hybridized carbons (Fsp3) is 0.435. The standard InChI is InChI=1S/C23H31NO4/c1-16(2)20-10-9-17(3)22(14-20)28-18(4)23(25)24-15-19-7-6-8-21(13-19)27-12-11-26-5/h6-10,13-14,16,18H,11-12,15H2,1-5H3,(H,24,25). The average molecular weight is 386 g/mol. The van der Waals surface area contributed by atoms with Gasteiger partial charge in [0.25, 0.3) is 5.91 Å². The molecule has 0 aliphatic rings. The Kier molecular flexibility index (Phi) is 8.33. The van der Waals surface area contributed by atoms with E-state index in [2.05, 4.69) is 25.2 Å². The van der Waals surface area contributed by atoms with Crippen LogP contribution in [-0.4, -0.2) is 32.3 Å². The number of benzene rings is 2. The van der Waals surface area contributed by atoms with Gasteiger partial charge < -0.3 is 19.5 Å². The van der Waals surface area contributed by atoms with Crippen LogP contribution in [-0.2, 0) is 16.1 Å². The zero-order valence-corrected chi connectivity index (χ0v) is 17.5. The normalized spacial score (nSPS) is 11.9. The number of methoxy groups -OCH3 is 1. The summed E-state index contributed by atoms with van der Waals surface area (Å²) >= 11 is 0. The summed E-state index contributed by atoms with van der Waals surface area (Å²) in [5.41, 5.74) is 3.18. The molecule has 28 heavy (non-hydrogen) atoms. The Morgan fingerprint density at radius 1 is 1.07 bits per heavy atom. The minimum atomic E-state index is -0.581. The van der Waals surface area contributed by atoms with Crippen LogP contribution in [0.3, 0.4) is 0 Å². The second-order valence-corrected chi connectivity index (χ2v) is 7.15. The summed E-state index contributed by atoms with van der Waals surface area (Å²) in [6.45, 7) is 9.47. The number of carbonyl (C=O) groups is 1. The highest BCUT2D eigenvalue weighted by Crippen LogP contribution is 2.25. The number of ether oxygens (including phenoxy) is 3. The topological polar surface area (TPSA) is 56.8 Å². The van der Waals surface area contributed by atoms with Gasteiger partial charge in [-0.05, 0) is 54.7 Å². The Bertz CT molecular complexity index is 773. The van der Waals surface area contributed by atoms with Gasteiger partial charge in [-0.1, -0.05) is 38.1 Å². The maximum atomic E-state index is 12.5. The van der Waals surface area contributed by atoms with E-state index in [-0.39, 0.29) is 5.91 Å². The molecule has 0 aliphatic carbocycles. The van der Waals surface area contributed by atoms with E-state index in [0.29, 0.717) is 25.7 Å². The molecule has 0 bridgehead atoms. The molecule has 5 nitrogen and oxygen atoms in total. The van der Waals surface area contributed by atoms with E-state index in [9.17, 15) is 4.79 Å². The predicted octanol–water partition coefficient (Wildman–Crippen LogP) is 4.23. The third-order valence-corrected chi connectivity index (χ3v) is 4.47. The maximum absolute atomic E-state index is 12.5. The molecule has 0 saturated heterocycles. The molecule has 5 heteroatoms. The van der Waals surface area contributed by atoms with Gasteiger partial charge in [-0.25, -0.2) is 0 Å². The van der Waals surface area contributed by atoms with Crippen LogP contribution in [0.2, 0.25) is 0 Å². The number of carbonyl (C=O) groups excluding carboxylic acids is 1. The summed E-state index contributed by atoms with van der Waals surface area (Å²) in [6, 6.07) is 13.8. The molecular formula is C23H31NO4. The van der Waals surface area contributed by atoms with E-state index in [1.54, 1.807) is 14.0 Å². The molecule has 0 aliphatic heterocycles. The van der Waals surface area contributed by atoms with Crippen molar-refractivity contribution in [1.82, 2.24) is 5.32 Å². The van der Waals surface area contributed by atoms with Crippen molar-refractivity contribution >= 4 is 5.91 Å². The molecule has 2 aromatic carbocycles. The van der Waals surface area contributed by atoms with E-state index in [1.165, 1.54) is 5.56 Å². The summed E-state index contributed by atoms with van der Waals surface area (Å²) in [4.78, 5) is 12.5. The Balaban J connectivity index is 1.91. The van der Waals surface area contributed by atoms with Crippen molar-refractivity contribution in [2.24, 2.45) is 0 Å². The Morgan fingerprint density at radius 2 is 1.86 bits per heavy atom. The van der Waals surface area contributed by atoms with Crippen molar-refractivity contribution in [3.05, 3.63) is 59.2 Å². The van der Waals surface area contributed by atoms with Crippen LogP contribution >= 0.6 is 0 Å². The first-order valence-corrected chi connectivity index (χ1v) is 9.66. The smallest absolute Gasteiger partial charge is 0.261 e. The van der Waals surface area contributed by atoms with E-state index in [0.717, 1.165) is 22.6 Å². The van der Waals surface area contributed by atoms with Crippen LogP contribution in [0.4, 0.5) is 0 Å². The first-order valence-electron chi connectivity index (χ1n) is 9.66. The lowest BCUT2D eigenvalue weighted by atomic mass is 10.0. The highest BCUT2D eigenvalue weighted by molar-refractivity contribution is 5.80.